The lowest BCUT2D eigenvalue weighted by Crippen LogP contribution is -2.47. The highest BCUT2D eigenvalue weighted by Gasteiger charge is 2.40. The maximum absolute atomic E-state index is 13.1. The number of rotatable bonds is 6. The average Bonchev–Trinajstić information content (AvgIpc) is 3.09. The van der Waals surface area contributed by atoms with Gasteiger partial charge < -0.3 is 9.47 Å². The summed E-state index contributed by atoms with van der Waals surface area (Å²) < 4.78 is 39.0. The number of thioether (sulfide) groups is 1. The lowest BCUT2D eigenvalue weighted by atomic mass is 10.1. The summed E-state index contributed by atoms with van der Waals surface area (Å²) in [6.45, 7) is 9.34. The number of tetrazole rings is 1. The number of benzene rings is 1. The van der Waals surface area contributed by atoms with Gasteiger partial charge in [0.05, 0.1) is 23.6 Å². The summed E-state index contributed by atoms with van der Waals surface area (Å²) in [6.07, 6.45) is -0.623. The van der Waals surface area contributed by atoms with Crippen molar-refractivity contribution in [3.63, 3.8) is 0 Å². The third-order valence-corrected chi connectivity index (χ3v) is 6.99. The summed E-state index contributed by atoms with van der Waals surface area (Å²) in [5.41, 5.74) is 0.543. The van der Waals surface area contributed by atoms with Crippen molar-refractivity contribution in [3.8, 4) is 5.69 Å². The van der Waals surface area contributed by atoms with Crippen LogP contribution in [-0.2, 0) is 24.1 Å². The smallest absolute Gasteiger partial charge is 0.272 e. The van der Waals surface area contributed by atoms with Crippen LogP contribution < -0.4 is 0 Å². The van der Waals surface area contributed by atoms with Crippen LogP contribution in [0.25, 0.3) is 5.69 Å². The van der Waals surface area contributed by atoms with Crippen LogP contribution >= 0.6 is 11.8 Å². The third-order valence-electron chi connectivity index (χ3n) is 4.37. The van der Waals surface area contributed by atoms with Gasteiger partial charge in [-0.05, 0) is 36.4 Å². The number of sulfone groups is 1. The van der Waals surface area contributed by atoms with Crippen molar-refractivity contribution in [2.75, 3.05) is 5.75 Å². The van der Waals surface area contributed by atoms with E-state index in [1.807, 2.05) is 26.8 Å². The molecule has 1 aromatic heterocycles. The summed E-state index contributed by atoms with van der Waals surface area (Å²) >= 11 is 1.25. The van der Waals surface area contributed by atoms with E-state index in [2.05, 4.69) is 15.5 Å². The molecule has 170 valence electrons. The second kappa shape index (κ2) is 8.97. The molecule has 1 saturated heterocycles. The molecule has 0 spiro atoms. The van der Waals surface area contributed by atoms with Gasteiger partial charge in [-0.3, -0.25) is 4.79 Å². The van der Waals surface area contributed by atoms with E-state index in [9.17, 15) is 13.2 Å². The Morgan fingerprint density at radius 1 is 1.19 bits per heavy atom. The molecule has 0 saturated carbocycles. The van der Waals surface area contributed by atoms with Gasteiger partial charge in [0.2, 0.25) is 9.84 Å². The predicted octanol–water partition coefficient (Wildman–Crippen LogP) is 2.79. The molecule has 31 heavy (non-hydrogen) atoms. The van der Waals surface area contributed by atoms with Crippen LogP contribution in [0.5, 0.6) is 0 Å². The van der Waals surface area contributed by atoms with Gasteiger partial charge >= 0.3 is 0 Å². The first-order valence-electron chi connectivity index (χ1n) is 9.99. The van der Waals surface area contributed by atoms with Crippen molar-refractivity contribution in [2.24, 2.45) is 0 Å². The molecule has 1 aliphatic rings. The van der Waals surface area contributed by atoms with Crippen LogP contribution in [-0.4, -0.2) is 62.2 Å². The molecule has 1 unspecified atom stereocenters. The van der Waals surface area contributed by atoms with Gasteiger partial charge in [-0.1, -0.05) is 55.8 Å². The fourth-order valence-electron chi connectivity index (χ4n) is 3.44. The van der Waals surface area contributed by atoms with Crippen molar-refractivity contribution >= 4 is 26.7 Å². The topological polar surface area (TPSA) is 113 Å². The summed E-state index contributed by atoms with van der Waals surface area (Å²) in [4.78, 5) is 12.4. The molecule has 9 nitrogen and oxygen atoms in total. The maximum atomic E-state index is 13.1. The third kappa shape index (κ3) is 6.58. The maximum Gasteiger partial charge on any atom is 0.272 e. The van der Waals surface area contributed by atoms with E-state index in [0.29, 0.717) is 5.69 Å². The first-order chi connectivity index (χ1) is 14.3. The van der Waals surface area contributed by atoms with E-state index in [1.165, 1.54) is 16.4 Å². The second-order valence-electron chi connectivity index (χ2n) is 8.90. The lowest BCUT2D eigenvalue weighted by molar-refractivity contribution is -0.294. The summed E-state index contributed by atoms with van der Waals surface area (Å²) in [5.74, 6) is -1.33. The van der Waals surface area contributed by atoms with Gasteiger partial charge in [0.15, 0.2) is 10.9 Å². The number of ether oxygens (including phenoxy) is 2. The lowest BCUT2D eigenvalue weighted by Gasteiger charge is -2.40. The largest absolute Gasteiger partial charge is 0.347 e. The van der Waals surface area contributed by atoms with Crippen LogP contribution in [0, 0.1) is 0 Å². The van der Waals surface area contributed by atoms with E-state index in [0.717, 1.165) is 0 Å². The number of carbonyl (C=O) groups excluding carboxylic acids is 1. The number of carbonyl (C=O) groups is 1. The molecule has 1 aromatic carbocycles. The molecule has 2 heterocycles. The van der Waals surface area contributed by atoms with Crippen molar-refractivity contribution in [1.82, 2.24) is 20.2 Å². The van der Waals surface area contributed by atoms with Gasteiger partial charge in [0.1, 0.15) is 0 Å². The molecule has 0 amide bonds. The average molecular weight is 469 g/mol. The monoisotopic (exact) mass is 468 g/mol. The molecular weight excluding hydrogens is 440 g/mol. The van der Waals surface area contributed by atoms with Crippen molar-refractivity contribution < 1.29 is 22.7 Å². The van der Waals surface area contributed by atoms with E-state index >= 15 is 0 Å². The van der Waals surface area contributed by atoms with Gasteiger partial charge in [-0.2, -0.15) is 4.68 Å². The van der Waals surface area contributed by atoms with Crippen LogP contribution in [0.3, 0.4) is 0 Å². The Kier molecular flexibility index (Phi) is 6.90. The van der Waals surface area contributed by atoms with Crippen LogP contribution in [0.2, 0.25) is 0 Å². The summed E-state index contributed by atoms with van der Waals surface area (Å²) in [5, 5.41) is 10.9. The zero-order valence-corrected chi connectivity index (χ0v) is 19.9. The number of nitrogens with zero attached hydrogens (tertiary/aromatic N) is 4. The highest BCUT2D eigenvalue weighted by molar-refractivity contribution is 8.14. The van der Waals surface area contributed by atoms with E-state index < -0.39 is 27.8 Å². The first-order valence-corrected chi connectivity index (χ1v) is 12.5. The molecule has 0 aliphatic carbocycles. The molecule has 2 aromatic rings. The Bertz CT molecular complexity index is 1020. The number of hydrogen-bond donors (Lipinski definition) is 0. The zero-order valence-electron chi connectivity index (χ0n) is 18.3. The molecule has 0 bridgehead atoms. The highest BCUT2D eigenvalue weighted by Crippen LogP contribution is 2.33. The minimum atomic E-state index is -3.87. The van der Waals surface area contributed by atoms with E-state index in [4.69, 9.17) is 9.47 Å². The molecule has 11 heteroatoms. The van der Waals surface area contributed by atoms with Crippen molar-refractivity contribution in [1.29, 1.82) is 0 Å². The zero-order chi connectivity index (χ0) is 22.9. The van der Waals surface area contributed by atoms with Crippen LogP contribution in [0.1, 0.15) is 47.5 Å². The van der Waals surface area contributed by atoms with Crippen molar-refractivity contribution in [2.45, 2.75) is 75.4 Å². The Hall–Kier alpha value is -1.82. The fourth-order valence-corrected chi connectivity index (χ4v) is 5.80. The molecule has 1 fully saturated rings. The second-order valence-corrected chi connectivity index (χ2v) is 12.7. The Balaban J connectivity index is 1.75. The van der Waals surface area contributed by atoms with Crippen molar-refractivity contribution in [3.05, 3.63) is 30.3 Å². The predicted molar refractivity (Wildman–Crippen MR) is 117 cm³/mol. The van der Waals surface area contributed by atoms with Crippen LogP contribution in [0.4, 0.5) is 0 Å². The van der Waals surface area contributed by atoms with E-state index in [1.54, 1.807) is 38.1 Å². The standard InChI is InChI=1S/C20H28N4O5S2/c1-19(2,3)30-17(25)12-15-11-16(29-20(4,5)28-15)13-31(26,27)18-21-22-23-24(18)14-9-7-6-8-10-14/h6-10,15-16H,11-13H2,1-5H3/t15-,16?/m1/s1. The van der Waals surface area contributed by atoms with E-state index in [-0.39, 0.29) is 33.6 Å². The first kappa shape index (κ1) is 23.8. The number of hydrogen-bond acceptors (Lipinski definition) is 9. The Morgan fingerprint density at radius 2 is 1.84 bits per heavy atom. The molecule has 0 radical (unpaired) electrons. The van der Waals surface area contributed by atoms with Gasteiger partial charge in [0.25, 0.3) is 5.16 Å². The number of para-hydroxylation sites is 1. The molecular formula is C20H28N4O5S2. The Morgan fingerprint density at radius 3 is 2.48 bits per heavy atom. The molecule has 2 atom stereocenters. The summed E-state index contributed by atoms with van der Waals surface area (Å²) in [6, 6.07) is 8.80. The minimum Gasteiger partial charge on any atom is -0.347 e. The SMILES string of the molecule is CC1(C)OC(CS(=O)(=O)c2nnnn2-c2ccccc2)C[C@H](CC(=O)SC(C)(C)C)O1. The quantitative estimate of drug-likeness (QED) is 0.631. The fraction of sp³-hybridized carbons (Fsp3) is 0.600. The Labute approximate surface area is 186 Å². The molecule has 1 aliphatic heterocycles. The number of aromatic nitrogens is 4. The minimum absolute atomic E-state index is 0.00447. The van der Waals surface area contributed by atoms with Gasteiger partial charge in [0, 0.05) is 17.6 Å². The molecule has 3 rings (SSSR count). The molecule has 0 N–H and O–H groups in total. The summed E-state index contributed by atoms with van der Waals surface area (Å²) in [7, 11) is -3.87. The van der Waals surface area contributed by atoms with Gasteiger partial charge in [-0.15, -0.1) is 0 Å². The van der Waals surface area contributed by atoms with Gasteiger partial charge in [-0.25, -0.2) is 8.42 Å². The highest BCUT2D eigenvalue weighted by atomic mass is 32.2. The normalized spacial score (nSPS) is 21.7. The van der Waals surface area contributed by atoms with Crippen LogP contribution in [0.15, 0.2) is 35.5 Å².